The fraction of sp³-hybridized carbons (Fsp3) is 0.750. The molecule has 0 saturated carbocycles. The van der Waals surface area contributed by atoms with Crippen LogP contribution in [0.1, 0.15) is 60.8 Å². The third kappa shape index (κ3) is 5.53. The van der Waals surface area contributed by atoms with E-state index in [4.69, 9.17) is 0 Å². The smallest absolute Gasteiger partial charge is 0.0174 e. The summed E-state index contributed by atoms with van der Waals surface area (Å²) in [6, 6.07) is 0. The van der Waals surface area contributed by atoms with Gasteiger partial charge in [0.15, 0.2) is 0 Å². The van der Waals surface area contributed by atoms with Gasteiger partial charge in [-0.1, -0.05) is 65.3 Å². The molecule has 0 heteroatoms. The average molecular weight is 222 g/mol. The summed E-state index contributed by atoms with van der Waals surface area (Å²) in [5, 5.41) is 0. The quantitative estimate of drug-likeness (QED) is 0.580. The third-order valence-electron chi connectivity index (χ3n) is 3.05. The maximum absolute atomic E-state index is 2.35. The zero-order valence-electron chi connectivity index (χ0n) is 12.1. The summed E-state index contributed by atoms with van der Waals surface area (Å²) in [7, 11) is 0. The van der Waals surface area contributed by atoms with Gasteiger partial charge in [-0.05, 0) is 37.0 Å². The molecule has 1 aliphatic rings. The third-order valence-corrected chi connectivity index (χ3v) is 3.05. The van der Waals surface area contributed by atoms with E-state index in [9.17, 15) is 0 Å². The average Bonchev–Trinajstić information content (AvgIpc) is 2.29. The van der Waals surface area contributed by atoms with Gasteiger partial charge in [0.2, 0.25) is 0 Å². The summed E-state index contributed by atoms with van der Waals surface area (Å²) in [6.45, 7) is 13.4. The van der Waals surface area contributed by atoms with Crippen LogP contribution < -0.4 is 0 Å². The molecule has 1 rings (SSSR count). The van der Waals surface area contributed by atoms with E-state index in [2.05, 4.69) is 45.9 Å². The Morgan fingerprint density at radius 3 is 2.12 bits per heavy atom. The summed E-state index contributed by atoms with van der Waals surface area (Å²) in [5.41, 5.74) is 1.68. The molecule has 0 amide bonds. The molecule has 0 N–H and O–H groups in total. The Hall–Kier alpha value is -0.520. The van der Waals surface area contributed by atoms with Crippen LogP contribution in [0.15, 0.2) is 23.8 Å². The van der Waals surface area contributed by atoms with Gasteiger partial charge in [0.05, 0.1) is 0 Å². The molecule has 1 unspecified atom stereocenters. The second kappa shape index (κ2) is 8.61. The van der Waals surface area contributed by atoms with Crippen LogP contribution in [0.25, 0.3) is 0 Å². The standard InChI is InChI=1S/C14H24.C2H6/c1-11(2)10-14(12(3)4)13-8-6-5-7-9-13;1-2/h5-6,8,11-12,14H,7,9-10H2,1-4H3;1-2H3. The van der Waals surface area contributed by atoms with Gasteiger partial charge in [-0.2, -0.15) is 0 Å². The van der Waals surface area contributed by atoms with Crippen molar-refractivity contribution in [2.75, 3.05) is 0 Å². The Morgan fingerprint density at radius 2 is 1.75 bits per heavy atom. The van der Waals surface area contributed by atoms with Crippen molar-refractivity contribution in [3.8, 4) is 0 Å². The number of allylic oxidation sites excluding steroid dienone is 4. The number of rotatable bonds is 4. The van der Waals surface area contributed by atoms with Gasteiger partial charge in [-0.25, -0.2) is 0 Å². The molecule has 1 atom stereocenters. The van der Waals surface area contributed by atoms with Gasteiger partial charge in [0, 0.05) is 0 Å². The van der Waals surface area contributed by atoms with Gasteiger partial charge in [-0.3, -0.25) is 0 Å². The van der Waals surface area contributed by atoms with E-state index >= 15 is 0 Å². The van der Waals surface area contributed by atoms with Crippen LogP contribution in [0.4, 0.5) is 0 Å². The van der Waals surface area contributed by atoms with E-state index in [0.29, 0.717) is 0 Å². The molecule has 0 spiro atoms. The van der Waals surface area contributed by atoms with Gasteiger partial charge >= 0.3 is 0 Å². The molecule has 1 aliphatic carbocycles. The van der Waals surface area contributed by atoms with Crippen molar-refractivity contribution >= 4 is 0 Å². The lowest BCUT2D eigenvalue weighted by atomic mass is 9.79. The van der Waals surface area contributed by atoms with Crippen molar-refractivity contribution in [3.63, 3.8) is 0 Å². The van der Waals surface area contributed by atoms with Crippen LogP contribution in [0.5, 0.6) is 0 Å². The van der Waals surface area contributed by atoms with Crippen LogP contribution in [-0.2, 0) is 0 Å². The minimum atomic E-state index is 0.787. The van der Waals surface area contributed by atoms with Crippen molar-refractivity contribution in [2.24, 2.45) is 17.8 Å². The molecule has 0 fully saturated rings. The molecule has 94 valence electrons. The Bertz CT molecular complexity index is 218. The first-order valence-electron chi connectivity index (χ1n) is 6.97. The minimum Gasteiger partial charge on any atom is -0.0842 e. The summed E-state index contributed by atoms with van der Waals surface area (Å²) in [4.78, 5) is 0. The van der Waals surface area contributed by atoms with E-state index < -0.39 is 0 Å². The summed E-state index contributed by atoms with van der Waals surface area (Å²) in [6.07, 6.45) is 10.7. The fourth-order valence-corrected chi connectivity index (χ4v) is 2.29. The van der Waals surface area contributed by atoms with Gasteiger partial charge < -0.3 is 0 Å². The molecule has 0 bridgehead atoms. The molecule has 0 nitrogen and oxygen atoms in total. The Kier molecular flexibility index (Phi) is 8.33. The highest BCUT2D eigenvalue weighted by molar-refractivity contribution is 5.20. The lowest BCUT2D eigenvalue weighted by molar-refractivity contribution is 0.355. The van der Waals surface area contributed by atoms with Gasteiger partial charge in [0.25, 0.3) is 0 Å². The lowest BCUT2D eigenvalue weighted by Crippen LogP contribution is -2.15. The molecular weight excluding hydrogens is 192 g/mol. The zero-order valence-corrected chi connectivity index (χ0v) is 12.1. The molecule has 0 radical (unpaired) electrons. The van der Waals surface area contributed by atoms with E-state index in [1.807, 2.05) is 13.8 Å². The van der Waals surface area contributed by atoms with Crippen LogP contribution >= 0.6 is 0 Å². The first-order valence-corrected chi connectivity index (χ1v) is 6.97. The highest BCUT2D eigenvalue weighted by Crippen LogP contribution is 2.31. The first-order chi connectivity index (χ1) is 7.61. The highest BCUT2D eigenvalue weighted by Gasteiger charge is 2.19. The van der Waals surface area contributed by atoms with Crippen LogP contribution in [0.3, 0.4) is 0 Å². The van der Waals surface area contributed by atoms with E-state index in [0.717, 1.165) is 17.8 Å². The SMILES string of the molecule is CC.CC(C)CC(C1=CC=CCC1)C(C)C. The van der Waals surface area contributed by atoms with Crippen molar-refractivity contribution in [1.29, 1.82) is 0 Å². The lowest BCUT2D eigenvalue weighted by Gasteiger charge is -2.26. The van der Waals surface area contributed by atoms with Gasteiger partial charge in [-0.15, -0.1) is 0 Å². The predicted octanol–water partition coefficient (Wildman–Crippen LogP) is 5.61. The fourth-order valence-electron chi connectivity index (χ4n) is 2.29. The highest BCUT2D eigenvalue weighted by atomic mass is 14.2. The number of hydrogen-bond donors (Lipinski definition) is 0. The first kappa shape index (κ1) is 15.5. The molecule has 16 heavy (non-hydrogen) atoms. The summed E-state index contributed by atoms with van der Waals surface area (Å²) >= 11 is 0. The zero-order chi connectivity index (χ0) is 12.6. The maximum Gasteiger partial charge on any atom is -0.0174 e. The van der Waals surface area contributed by atoms with E-state index in [-0.39, 0.29) is 0 Å². The second-order valence-electron chi connectivity index (χ2n) is 5.19. The Balaban J connectivity index is 0.00000106. The topological polar surface area (TPSA) is 0 Å². The molecule has 0 aliphatic heterocycles. The molecular formula is C16H30. The summed E-state index contributed by atoms with van der Waals surface area (Å²) < 4.78 is 0. The van der Waals surface area contributed by atoms with Crippen molar-refractivity contribution in [1.82, 2.24) is 0 Å². The molecule has 0 aromatic heterocycles. The summed E-state index contributed by atoms with van der Waals surface area (Å²) in [5.74, 6) is 2.41. The molecule has 0 aromatic rings. The normalized spacial score (nSPS) is 16.9. The molecule has 0 heterocycles. The van der Waals surface area contributed by atoms with Gasteiger partial charge in [0.1, 0.15) is 0 Å². The van der Waals surface area contributed by atoms with Crippen molar-refractivity contribution < 1.29 is 0 Å². The maximum atomic E-state index is 2.35. The Labute approximate surface area is 103 Å². The van der Waals surface area contributed by atoms with Crippen LogP contribution in [0, 0.1) is 17.8 Å². The largest absolute Gasteiger partial charge is 0.0842 e. The number of hydrogen-bond acceptors (Lipinski definition) is 0. The van der Waals surface area contributed by atoms with Crippen molar-refractivity contribution in [3.05, 3.63) is 23.8 Å². The molecule has 0 aromatic carbocycles. The predicted molar refractivity (Wildman–Crippen MR) is 75.6 cm³/mol. The van der Waals surface area contributed by atoms with Crippen LogP contribution in [-0.4, -0.2) is 0 Å². The minimum absolute atomic E-state index is 0.787. The van der Waals surface area contributed by atoms with Crippen molar-refractivity contribution in [2.45, 2.75) is 60.8 Å². The molecule has 0 saturated heterocycles. The Morgan fingerprint density at radius 1 is 1.12 bits per heavy atom. The van der Waals surface area contributed by atoms with E-state index in [1.165, 1.54) is 19.3 Å². The second-order valence-corrected chi connectivity index (χ2v) is 5.19. The van der Waals surface area contributed by atoms with E-state index in [1.54, 1.807) is 5.57 Å². The van der Waals surface area contributed by atoms with Crippen LogP contribution in [0.2, 0.25) is 0 Å². The monoisotopic (exact) mass is 222 g/mol.